The van der Waals surface area contributed by atoms with E-state index in [0.717, 1.165) is 27.3 Å². The van der Waals surface area contributed by atoms with Gasteiger partial charge in [0.2, 0.25) is 0 Å². The minimum absolute atomic E-state index is 0.469. The van der Waals surface area contributed by atoms with Crippen molar-refractivity contribution in [2.24, 2.45) is 0 Å². The van der Waals surface area contributed by atoms with Crippen molar-refractivity contribution < 1.29 is 9.47 Å². The highest BCUT2D eigenvalue weighted by Gasteiger charge is 2.13. The molecule has 2 aromatic carbocycles. The zero-order chi connectivity index (χ0) is 16.2. The Hall–Kier alpha value is -2.78. The molecule has 1 N–H and O–H groups in total. The fourth-order valence-corrected chi connectivity index (χ4v) is 3.13. The Morgan fingerprint density at radius 1 is 1.09 bits per heavy atom. The molecule has 0 aliphatic carbocycles. The summed E-state index contributed by atoms with van der Waals surface area (Å²) in [6, 6.07) is 14.9. The normalized spacial score (nSPS) is 11.7. The number of thiazole rings is 1. The summed E-state index contributed by atoms with van der Waals surface area (Å²) >= 11 is 1.49. The van der Waals surface area contributed by atoms with Crippen molar-refractivity contribution in [3.63, 3.8) is 0 Å². The van der Waals surface area contributed by atoms with Gasteiger partial charge < -0.3 is 14.8 Å². The number of aromatic nitrogens is 1. The van der Waals surface area contributed by atoms with E-state index in [4.69, 9.17) is 9.47 Å². The molecule has 1 aromatic heterocycles. The first kappa shape index (κ1) is 15.1. The Morgan fingerprint density at radius 3 is 2.43 bits per heavy atom. The van der Waals surface area contributed by atoms with Gasteiger partial charge in [0.15, 0.2) is 5.13 Å². The van der Waals surface area contributed by atoms with Gasteiger partial charge in [0, 0.05) is 0 Å². The lowest BCUT2D eigenvalue weighted by Crippen LogP contribution is -2.08. The smallest absolute Gasteiger partial charge is 0.185 e. The Morgan fingerprint density at radius 2 is 1.78 bits per heavy atom. The van der Waals surface area contributed by atoms with Gasteiger partial charge in [0.05, 0.1) is 30.5 Å². The number of benzene rings is 2. The van der Waals surface area contributed by atoms with Crippen molar-refractivity contribution in [3.8, 4) is 17.6 Å². The topological polar surface area (TPSA) is 67.2 Å². The number of nitriles is 1. The summed E-state index contributed by atoms with van der Waals surface area (Å²) in [5.74, 6) is 1.55. The first-order valence-corrected chi connectivity index (χ1v) is 7.80. The molecule has 0 unspecified atom stereocenters. The highest BCUT2D eigenvalue weighted by Crippen LogP contribution is 2.31. The predicted octanol–water partition coefficient (Wildman–Crippen LogP) is 3.99. The van der Waals surface area contributed by atoms with Gasteiger partial charge in [-0.3, -0.25) is 0 Å². The standard InChI is InChI=1S/C17H15N3O2S/c1-21-12-5-3-11(4-6-12)15(10-18)20-17-19-14-8-7-13(22-2)9-16(14)23-17/h3-9,15H,1-2H3,(H,19,20)/t15-/m1/s1. The van der Waals surface area contributed by atoms with Gasteiger partial charge in [-0.25, -0.2) is 4.98 Å². The number of hydrogen-bond acceptors (Lipinski definition) is 6. The first-order chi connectivity index (χ1) is 11.2. The van der Waals surface area contributed by atoms with Crippen molar-refractivity contribution in [2.45, 2.75) is 6.04 Å². The molecule has 0 saturated carbocycles. The minimum Gasteiger partial charge on any atom is -0.497 e. The molecular formula is C17H15N3O2S. The molecule has 23 heavy (non-hydrogen) atoms. The maximum atomic E-state index is 9.44. The van der Waals surface area contributed by atoms with Crippen LogP contribution in [0.25, 0.3) is 10.2 Å². The van der Waals surface area contributed by atoms with Crippen molar-refractivity contribution >= 4 is 26.7 Å². The van der Waals surface area contributed by atoms with Crippen LogP contribution in [0.5, 0.6) is 11.5 Å². The van der Waals surface area contributed by atoms with E-state index in [1.54, 1.807) is 14.2 Å². The fourth-order valence-electron chi connectivity index (χ4n) is 2.20. The molecule has 0 aliphatic rings. The molecule has 0 amide bonds. The number of anilines is 1. The van der Waals surface area contributed by atoms with E-state index in [-0.39, 0.29) is 0 Å². The lowest BCUT2D eigenvalue weighted by atomic mass is 10.1. The number of fused-ring (bicyclic) bond motifs is 1. The van der Waals surface area contributed by atoms with Crippen LogP contribution >= 0.6 is 11.3 Å². The monoisotopic (exact) mass is 325 g/mol. The second-order valence-corrected chi connectivity index (χ2v) is 5.86. The predicted molar refractivity (Wildman–Crippen MR) is 91.1 cm³/mol. The largest absolute Gasteiger partial charge is 0.497 e. The summed E-state index contributed by atoms with van der Waals surface area (Å²) in [4.78, 5) is 4.51. The molecule has 0 saturated heterocycles. The summed E-state index contributed by atoms with van der Waals surface area (Å²) in [5, 5.41) is 13.3. The molecule has 0 aliphatic heterocycles. The molecule has 3 aromatic rings. The highest BCUT2D eigenvalue weighted by atomic mass is 32.1. The van der Waals surface area contributed by atoms with Crippen LogP contribution < -0.4 is 14.8 Å². The van der Waals surface area contributed by atoms with E-state index in [0.29, 0.717) is 5.13 Å². The summed E-state index contributed by atoms with van der Waals surface area (Å²) in [6.07, 6.45) is 0. The molecule has 3 rings (SSSR count). The zero-order valence-electron chi connectivity index (χ0n) is 12.7. The summed E-state index contributed by atoms with van der Waals surface area (Å²) in [7, 11) is 3.25. The van der Waals surface area contributed by atoms with Crippen LogP contribution in [0.2, 0.25) is 0 Å². The molecule has 0 radical (unpaired) electrons. The van der Waals surface area contributed by atoms with Crippen LogP contribution in [0.15, 0.2) is 42.5 Å². The van der Waals surface area contributed by atoms with E-state index in [9.17, 15) is 5.26 Å². The van der Waals surface area contributed by atoms with Crippen LogP contribution in [0.3, 0.4) is 0 Å². The van der Waals surface area contributed by atoms with Crippen LogP contribution in [0.1, 0.15) is 11.6 Å². The SMILES string of the molecule is COc1ccc([C@@H](C#N)Nc2nc3ccc(OC)cc3s2)cc1. The lowest BCUT2D eigenvalue weighted by Gasteiger charge is -2.11. The molecule has 5 nitrogen and oxygen atoms in total. The third-order valence-corrected chi connectivity index (χ3v) is 4.39. The number of hydrogen-bond donors (Lipinski definition) is 1. The molecule has 0 spiro atoms. The maximum absolute atomic E-state index is 9.44. The quantitative estimate of drug-likeness (QED) is 0.768. The molecule has 1 atom stereocenters. The molecule has 0 fully saturated rings. The lowest BCUT2D eigenvalue weighted by molar-refractivity contribution is 0.414. The van der Waals surface area contributed by atoms with Crippen LogP contribution in [0, 0.1) is 11.3 Å². The van der Waals surface area contributed by atoms with Crippen molar-refractivity contribution in [1.82, 2.24) is 4.98 Å². The fraction of sp³-hybridized carbons (Fsp3) is 0.176. The Labute approximate surface area is 138 Å². The van der Waals surface area contributed by atoms with E-state index < -0.39 is 6.04 Å². The van der Waals surface area contributed by atoms with E-state index in [1.165, 1.54) is 11.3 Å². The number of ether oxygens (including phenoxy) is 2. The Kier molecular flexibility index (Phi) is 4.31. The number of rotatable bonds is 5. The van der Waals surface area contributed by atoms with Gasteiger partial charge in [-0.2, -0.15) is 5.26 Å². The highest BCUT2D eigenvalue weighted by molar-refractivity contribution is 7.22. The van der Waals surface area contributed by atoms with Gasteiger partial charge in [-0.05, 0) is 35.9 Å². The maximum Gasteiger partial charge on any atom is 0.185 e. The van der Waals surface area contributed by atoms with Crippen molar-refractivity contribution in [1.29, 1.82) is 5.26 Å². The number of methoxy groups -OCH3 is 2. The average Bonchev–Trinajstić information content (AvgIpc) is 3.01. The summed E-state index contributed by atoms with van der Waals surface area (Å²) < 4.78 is 11.4. The van der Waals surface area contributed by atoms with Gasteiger partial charge in [-0.15, -0.1) is 0 Å². The first-order valence-electron chi connectivity index (χ1n) is 6.98. The third kappa shape index (κ3) is 3.20. The van der Waals surface area contributed by atoms with Crippen molar-refractivity contribution in [3.05, 3.63) is 48.0 Å². The minimum atomic E-state index is -0.469. The second kappa shape index (κ2) is 6.55. The second-order valence-electron chi connectivity index (χ2n) is 4.83. The molecule has 1 heterocycles. The molecule has 6 heteroatoms. The molecular weight excluding hydrogens is 310 g/mol. The molecule has 0 bridgehead atoms. The van der Waals surface area contributed by atoms with E-state index in [2.05, 4.69) is 16.4 Å². The van der Waals surface area contributed by atoms with Gasteiger partial charge >= 0.3 is 0 Å². The van der Waals surface area contributed by atoms with Gasteiger partial charge in [0.1, 0.15) is 17.5 Å². The van der Waals surface area contributed by atoms with E-state index >= 15 is 0 Å². The Bertz CT molecular complexity index is 852. The summed E-state index contributed by atoms with van der Waals surface area (Å²) in [6.45, 7) is 0. The average molecular weight is 325 g/mol. The van der Waals surface area contributed by atoms with Crippen molar-refractivity contribution in [2.75, 3.05) is 19.5 Å². The summed E-state index contributed by atoms with van der Waals surface area (Å²) in [5.41, 5.74) is 1.75. The molecule has 116 valence electrons. The van der Waals surface area contributed by atoms with Crippen LogP contribution in [-0.4, -0.2) is 19.2 Å². The Balaban J connectivity index is 1.84. The number of nitrogens with zero attached hydrogens (tertiary/aromatic N) is 2. The zero-order valence-corrected chi connectivity index (χ0v) is 13.6. The van der Waals surface area contributed by atoms with Crippen LogP contribution in [0.4, 0.5) is 5.13 Å². The van der Waals surface area contributed by atoms with Crippen LogP contribution in [-0.2, 0) is 0 Å². The van der Waals surface area contributed by atoms with Gasteiger partial charge in [-0.1, -0.05) is 23.5 Å². The van der Waals surface area contributed by atoms with E-state index in [1.807, 2.05) is 42.5 Å². The third-order valence-electron chi connectivity index (χ3n) is 3.44. The van der Waals surface area contributed by atoms with Gasteiger partial charge in [0.25, 0.3) is 0 Å². The number of nitrogens with one attached hydrogen (secondary N) is 1.